The van der Waals surface area contributed by atoms with Gasteiger partial charge in [-0.05, 0) is 56.0 Å². The highest BCUT2D eigenvalue weighted by Gasteiger charge is 2.17. The summed E-state index contributed by atoms with van der Waals surface area (Å²) in [6, 6.07) is 18.8. The van der Waals surface area contributed by atoms with Crippen molar-refractivity contribution in [3.05, 3.63) is 72.3 Å². The van der Waals surface area contributed by atoms with Gasteiger partial charge in [0.15, 0.2) is 0 Å². The van der Waals surface area contributed by atoms with E-state index in [1.165, 1.54) is 5.56 Å². The lowest BCUT2D eigenvalue weighted by Crippen LogP contribution is -2.28. The van der Waals surface area contributed by atoms with E-state index in [4.69, 9.17) is 4.99 Å². The molecule has 0 saturated heterocycles. The van der Waals surface area contributed by atoms with Crippen LogP contribution in [-0.4, -0.2) is 11.8 Å². The number of rotatable bonds is 8. The fourth-order valence-corrected chi connectivity index (χ4v) is 2.88. The van der Waals surface area contributed by atoms with Crippen LogP contribution < -0.4 is 5.32 Å². The first kappa shape index (κ1) is 21.0. The molecule has 0 aliphatic heterocycles. The van der Waals surface area contributed by atoms with Gasteiger partial charge >= 0.3 is 0 Å². The molecule has 0 atom stereocenters. The topological polar surface area (TPSA) is 24.4 Å². The highest BCUT2D eigenvalue weighted by atomic mass is 15.0. The molecule has 0 aliphatic carbocycles. The fraction of sp³-hybridized carbons (Fsp3) is 0.400. The molecule has 2 aromatic carbocycles. The number of anilines is 1. The highest BCUT2D eigenvalue weighted by molar-refractivity contribution is 5.71. The SMILES string of the molecule is CC(C)Cc1cccc(N=CC(C)(C)C=CC(C)(C)Nc2ccccc2)c1. The predicted molar refractivity (Wildman–Crippen MR) is 120 cm³/mol. The summed E-state index contributed by atoms with van der Waals surface area (Å²) in [4.78, 5) is 4.73. The number of allylic oxidation sites excluding steroid dienone is 1. The zero-order chi connectivity index (χ0) is 19.9. The summed E-state index contributed by atoms with van der Waals surface area (Å²) in [6.45, 7) is 13.2. The third kappa shape index (κ3) is 7.82. The fourth-order valence-electron chi connectivity index (χ4n) is 2.88. The van der Waals surface area contributed by atoms with Crippen LogP contribution in [0.3, 0.4) is 0 Å². The number of para-hydroxylation sites is 1. The van der Waals surface area contributed by atoms with E-state index >= 15 is 0 Å². The van der Waals surface area contributed by atoms with Crippen molar-refractivity contribution < 1.29 is 0 Å². The number of nitrogens with one attached hydrogen (secondary N) is 1. The second-order valence-corrected chi connectivity index (χ2v) is 8.89. The smallest absolute Gasteiger partial charge is 0.0628 e. The maximum absolute atomic E-state index is 4.73. The maximum atomic E-state index is 4.73. The van der Waals surface area contributed by atoms with Crippen LogP contribution in [0.5, 0.6) is 0 Å². The molecule has 2 nitrogen and oxygen atoms in total. The molecule has 0 aliphatic rings. The van der Waals surface area contributed by atoms with Gasteiger partial charge in [0.05, 0.1) is 5.69 Å². The summed E-state index contributed by atoms with van der Waals surface area (Å²) < 4.78 is 0. The predicted octanol–water partition coefficient (Wildman–Crippen LogP) is 7.06. The summed E-state index contributed by atoms with van der Waals surface area (Å²) in [5, 5.41) is 3.56. The zero-order valence-corrected chi connectivity index (χ0v) is 17.7. The van der Waals surface area contributed by atoms with Gasteiger partial charge in [0, 0.05) is 22.9 Å². The Bertz CT molecular complexity index is 768. The van der Waals surface area contributed by atoms with Crippen molar-refractivity contribution in [3.8, 4) is 0 Å². The van der Waals surface area contributed by atoms with E-state index in [0.717, 1.165) is 17.8 Å². The van der Waals surface area contributed by atoms with Crippen molar-refractivity contribution in [3.63, 3.8) is 0 Å². The molecule has 0 saturated carbocycles. The molecule has 27 heavy (non-hydrogen) atoms. The third-order valence-electron chi connectivity index (χ3n) is 4.27. The summed E-state index contributed by atoms with van der Waals surface area (Å²) in [7, 11) is 0. The van der Waals surface area contributed by atoms with E-state index in [1.807, 2.05) is 24.4 Å². The molecular formula is C25H34N2. The largest absolute Gasteiger partial charge is 0.377 e. The van der Waals surface area contributed by atoms with Gasteiger partial charge < -0.3 is 5.32 Å². The lowest BCUT2D eigenvalue weighted by Gasteiger charge is -2.25. The molecule has 0 radical (unpaired) electrons. The van der Waals surface area contributed by atoms with Gasteiger partial charge in [-0.3, -0.25) is 4.99 Å². The Morgan fingerprint density at radius 2 is 1.63 bits per heavy atom. The van der Waals surface area contributed by atoms with Gasteiger partial charge in [0.25, 0.3) is 0 Å². The van der Waals surface area contributed by atoms with Gasteiger partial charge in [-0.25, -0.2) is 0 Å². The minimum Gasteiger partial charge on any atom is -0.377 e. The molecule has 0 amide bonds. The highest BCUT2D eigenvalue weighted by Crippen LogP contribution is 2.23. The van der Waals surface area contributed by atoms with Crippen molar-refractivity contribution in [1.82, 2.24) is 0 Å². The summed E-state index contributed by atoms with van der Waals surface area (Å²) in [5.41, 5.74) is 3.24. The van der Waals surface area contributed by atoms with Crippen LogP contribution in [0.4, 0.5) is 11.4 Å². The molecule has 144 valence electrons. The molecule has 1 N–H and O–H groups in total. The van der Waals surface area contributed by atoms with E-state index in [-0.39, 0.29) is 11.0 Å². The molecule has 2 aromatic rings. The second-order valence-electron chi connectivity index (χ2n) is 8.89. The number of hydrogen-bond donors (Lipinski definition) is 1. The van der Waals surface area contributed by atoms with Crippen molar-refractivity contribution in [2.75, 3.05) is 5.32 Å². The first-order chi connectivity index (χ1) is 12.7. The number of hydrogen-bond acceptors (Lipinski definition) is 2. The molecule has 0 bridgehead atoms. The van der Waals surface area contributed by atoms with Gasteiger partial charge in [0.2, 0.25) is 0 Å². The van der Waals surface area contributed by atoms with Crippen LogP contribution in [0.15, 0.2) is 71.7 Å². The van der Waals surface area contributed by atoms with Crippen LogP contribution >= 0.6 is 0 Å². The zero-order valence-electron chi connectivity index (χ0n) is 17.7. The van der Waals surface area contributed by atoms with E-state index in [2.05, 4.69) is 95.4 Å². The van der Waals surface area contributed by atoms with Crippen LogP contribution in [-0.2, 0) is 6.42 Å². The molecule has 0 spiro atoms. The number of aliphatic imine (C=N–C) groups is 1. The lowest BCUT2D eigenvalue weighted by molar-refractivity contribution is 0.647. The van der Waals surface area contributed by atoms with Crippen LogP contribution in [0.2, 0.25) is 0 Å². The Kier molecular flexibility index (Phi) is 7.01. The van der Waals surface area contributed by atoms with Crippen molar-refractivity contribution >= 4 is 17.6 Å². The van der Waals surface area contributed by atoms with E-state index < -0.39 is 0 Å². The van der Waals surface area contributed by atoms with Crippen molar-refractivity contribution in [2.24, 2.45) is 16.3 Å². The van der Waals surface area contributed by atoms with E-state index in [9.17, 15) is 0 Å². The van der Waals surface area contributed by atoms with Gasteiger partial charge in [-0.2, -0.15) is 0 Å². The standard InChI is InChI=1S/C25H34N2/c1-20(2)17-21-11-10-14-23(18-21)26-19-24(3,4)15-16-25(5,6)27-22-12-8-7-9-13-22/h7-16,18-20,27H,17H2,1-6H3. The summed E-state index contributed by atoms with van der Waals surface area (Å²) in [5.74, 6) is 0.656. The maximum Gasteiger partial charge on any atom is 0.0628 e. The molecule has 0 unspecified atom stereocenters. The van der Waals surface area contributed by atoms with Crippen LogP contribution in [0, 0.1) is 11.3 Å². The minimum atomic E-state index is -0.135. The Hall–Kier alpha value is -2.35. The molecule has 2 heteroatoms. The van der Waals surface area contributed by atoms with Gasteiger partial charge in [0.1, 0.15) is 0 Å². The summed E-state index contributed by atoms with van der Waals surface area (Å²) in [6.07, 6.45) is 7.58. The van der Waals surface area contributed by atoms with Crippen molar-refractivity contribution in [1.29, 1.82) is 0 Å². The Morgan fingerprint density at radius 1 is 0.926 bits per heavy atom. The first-order valence-corrected chi connectivity index (χ1v) is 9.83. The van der Waals surface area contributed by atoms with Crippen LogP contribution in [0.1, 0.15) is 47.1 Å². The number of nitrogens with zero attached hydrogens (tertiary/aromatic N) is 1. The molecule has 0 fully saturated rings. The van der Waals surface area contributed by atoms with Crippen LogP contribution in [0.25, 0.3) is 0 Å². The molecular weight excluding hydrogens is 328 g/mol. The molecule has 0 heterocycles. The van der Waals surface area contributed by atoms with E-state index in [1.54, 1.807) is 0 Å². The quantitative estimate of drug-likeness (QED) is 0.394. The van der Waals surface area contributed by atoms with Gasteiger partial charge in [-0.1, -0.05) is 70.2 Å². The number of benzene rings is 2. The lowest BCUT2D eigenvalue weighted by atomic mass is 9.91. The first-order valence-electron chi connectivity index (χ1n) is 9.83. The Balaban J connectivity index is 2.04. The molecule has 2 rings (SSSR count). The second kappa shape index (κ2) is 9.03. The third-order valence-corrected chi connectivity index (χ3v) is 4.27. The Labute approximate surface area is 165 Å². The van der Waals surface area contributed by atoms with Crippen molar-refractivity contribution in [2.45, 2.75) is 53.5 Å². The normalized spacial score (nSPS) is 13.0. The molecule has 0 aromatic heterocycles. The average molecular weight is 363 g/mol. The summed E-state index contributed by atoms with van der Waals surface area (Å²) >= 11 is 0. The minimum absolute atomic E-state index is 0.121. The monoisotopic (exact) mass is 362 g/mol. The Morgan fingerprint density at radius 3 is 2.30 bits per heavy atom. The average Bonchev–Trinajstić information content (AvgIpc) is 2.59. The van der Waals surface area contributed by atoms with E-state index in [0.29, 0.717) is 5.92 Å². The van der Waals surface area contributed by atoms with Gasteiger partial charge in [-0.15, -0.1) is 0 Å².